The Labute approximate surface area is 111 Å². The molecule has 7 nitrogen and oxygen atoms in total. The van der Waals surface area contributed by atoms with Gasteiger partial charge in [0.15, 0.2) is 0 Å². The average molecular weight is 291 g/mol. The third-order valence-corrected chi connectivity index (χ3v) is 4.34. The van der Waals surface area contributed by atoms with Gasteiger partial charge < -0.3 is 14.6 Å². The molecule has 0 aliphatic heterocycles. The molecule has 0 bridgehead atoms. The maximum absolute atomic E-state index is 12.2. The molecule has 0 aliphatic rings. The Morgan fingerprint density at radius 1 is 1.32 bits per heavy atom. The van der Waals surface area contributed by atoms with Crippen LogP contribution in [0, 0.1) is 13.8 Å². The van der Waals surface area contributed by atoms with Gasteiger partial charge in [0.1, 0.15) is 22.0 Å². The monoisotopic (exact) mass is 291 g/mol. The highest BCUT2D eigenvalue weighted by atomic mass is 32.2. The summed E-state index contributed by atoms with van der Waals surface area (Å²) in [6.45, 7) is 5.29. The molecule has 0 radical (unpaired) electrons. The van der Waals surface area contributed by atoms with Gasteiger partial charge >= 0.3 is 5.97 Å². The van der Waals surface area contributed by atoms with E-state index in [1.165, 1.54) is 27.7 Å². The molecule has 0 amide bonds. The first-order valence-electron chi connectivity index (χ1n) is 5.50. The minimum Gasteiger partial charge on any atom is -0.478 e. The van der Waals surface area contributed by atoms with Crippen LogP contribution in [0.3, 0.4) is 0 Å². The van der Waals surface area contributed by atoms with Gasteiger partial charge in [0.2, 0.25) is 10.0 Å². The predicted octanol–water partition coefficient (Wildman–Crippen LogP) is 0.644. The second-order valence-corrected chi connectivity index (χ2v) is 6.49. The number of aliphatic hydroxyl groups is 1. The van der Waals surface area contributed by atoms with Gasteiger partial charge in [0.05, 0.1) is 12.1 Å². The molecule has 0 saturated carbocycles. The molecule has 1 aromatic rings. The van der Waals surface area contributed by atoms with Crippen molar-refractivity contribution in [2.75, 3.05) is 6.61 Å². The van der Waals surface area contributed by atoms with Crippen LogP contribution in [0.2, 0.25) is 0 Å². The predicted molar refractivity (Wildman–Crippen MR) is 66.6 cm³/mol. The smallest absolute Gasteiger partial charge is 0.340 e. The number of carboxylic acids is 1. The molecule has 3 N–H and O–H groups in total. The van der Waals surface area contributed by atoms with E-state index in [0.29, 0.717) is 0 Å². The molecule has 1 heterocycles. The van der Waals surface area contributed by atoms with E-state index >= 15 is 0 Å². The normalized spacial score (nSPS) is 12.7. The highest BCUT2D eigenvalue weighted by molar-refractivity contribution is 7.89. The van der Waals surface area contributed by atoms with Crippen LogP contribution in [0.25, 0.3) is 0 Å². The molecule has 0 aromatic carbocycles. The van der Waals surface area contributed by atoms with Crippen molar-refractivity contribution in [2.45, 2.75) is 38.1 Å². The van der Waals surface area contributed by atoms with Crippen molar-refractivity contribution in [2.24, 2.45) is 0 Å². The van der Waals surface area contributed by atoms with Gasteiger partial charge in [0, 0.05) is 0 Å². The summed E-state index contributed by atoms with van der Waals surface area (Å²) in [5, 5.41) is 18.2. The highest BCUT2D eigenvalue weighted by Gasteiger charge is 2.34. The standard InChI is InChI=1S/C11H17NO6S/c1-6-8(10(14)15)9(7(2)18-6)19(16,17)12-11(3,4)5-13/h12-13H,5H2,1-4H3,(H,14,15). The van der Waals surface area contributed by atoms with E-state index in [0.717, 1.165) is 0 Å². The summed E-state index contributed by atoms with van der Waals surface area (Å²) >= 11 is 0. The van der Waals surface area contributed by atoms with Gasteiger partial charge in [0.25, 0.3) is 0 Å². The third kappa shape index (κ3) is 3.14. The molecule has 0 saturated heterocycles. The van der Waals surface area contributed by atoms with Crippen molar-refractivity contribution >= 4 is 16.0 Å². The van der Waals surface area contributed by atoms with Crippen LogP contribution in [-0.4, -0.2) is 36.7 Å². The van der Waals surface area contributed by atoms with E-state index in [2.05, 4.69) is 4.72 Å². The Balaban J connectivity index is 3.42. The highest BCUT2D eigenvalue weighted by Crippen LogP contribution is 2.27. The molecule has 1 aromatic heterocycles. The number of rotatable bonds is 5. The summed E-state index contributed by atoms with van der Waals surface area (Å²) in [6, 6.07) is 0. The van der Waals surface area contributed by atoms with Gasteiger partial charge in [-0.05, 0) is 27.7 Å². The number of aromatic carboxylic acids is 1. The summed E-state index contributed by atoms with van der Waals surface area (Å²) in [7, 11) is -4.10. The van der Waals surface area contributed by atoms with Crippen LogP contribution in [0.4, 0.5) is 0 Å². The first-order chi connectivity index (χ1) is 8.52. The molecule has 0 atom stereocenters. The third-order valence-electron chi connectivity index (χ3n) is 2.49. The van der Waals surface area contributed by atoms with E-state index in [9.17, 15) is 13.2 Å². The van der Waals surface area contributed by atoms with Gasteiger partial charge in [-0.3, -0.25) is 0 Å². The van der Waals surface area contributed by atoms with Gasteiger partial charge in [-0.25, -0.2) is 17.9 Å². The fourth-order valence-corrected chi connectivity index (χ4v) is 3.50. The second-order valence-electron chi connectivity index (χ2n) is 4.87. The molecule has 8 heteroatoms. The number of carbonyl (C=O) groups is 1. The first kappa shape index (κ1) is 15.7. The Bertz CT molecular complexity index is 599. The van der Waals surface area contributed by atoms with Crippen LogP contribution < -0.4 is 4.72 Å². The lowest BCUT2D eigenvalue weighted by Crippen LogP contribution is -2.46. The van der Waals surface area contributed by atoms with Gasteiger partial charge in [-0.1, -0.05) is 0 Å². The first-order valence-corrected chi connectivity index (χ1v) is 6.98. The number of hydrogen-bond donors (Lipinski definition) is 3. The lowest BCUT2D eigenvalue weighted by Gasteiger charge is -2.23. The van der Waals surface area contributed by atoms with Crippen molar-refractivity contribution in [3.8, 4) is 0 Å². The second kappa shape index (κ2) is 4.95. The van der Waals surface area contributed by atoms with E-state index in [1.807, 2.05) is 0 Å². The Morgan fingerprint density at radius 3 is 2.26 bits per heavy atom. The number of furan rings is 1. The molecule has 108 valence electrons. The zero-order valence-electron chi connectivity index (χ0n) is 11.1. The quantitative estimate of drug-likeness (QED) is 0.733. The maximum Gasteiger partial charge on any atom is 0.340 e. The van der Waals surface area contributed by atoms with E-state index in [-0.39, 0.29) is 11.5 Å². The lowest BCUT2D eigenvalue weighted by molar-refractivity contribution is 0.0691. The molecule has 0 fully saturated rings. The zero-order valence-corrected chi connectivity index (χ0v) is 12.0. The lowest BCUT2D eigenvalue weighted by atomic mass is 10.1. The fraction of sp³-hybridized carbons (Fsp3) is 0.545. The number of carboxylic acid groups (broad SMARTS) is 1. The molecule has 0 unspecified atom stereocenters. The molecular weight excluding hydrogens is 274 g/mol. The van der Waals surface area contributed by atoms with Gasteiger partial charge in [-0.2, -0.15) is 0 Å². The summed E-state index contributed by atoms with van der Waals surface area (Å²) < 4.78 is 31.8. The van der Waals surface area contributed by atoms with E-state index < -0.39 is 38.6 Å². The fourth-order valence-electron chi connectivity index (χ4n) is 1.68. The summed E-state index contributed by atoms with van der Waals surface area (Å²) in [6.07, 6.45) is 0. The van der Waals surface area contributed by atoms with Crippen LogP contribution in [-0.2, 0) is 10.0 Å². The summed E-state index contributed by atoms with van der Waals surface area (Å²) in [5.74, 6) is -1.36. The summed E-state index contributed by atoms with van der Waals surface area (Å²) in [5.41, 5.74) is -1.49. The topological polar surface area (TPSA) is 117 Å². The minimum absolute atomic E-state index is 0.00357. The minimum atomic E-state index is -4.10. The van der Waals surface area contributed by atoms with E-state index in [1.54, 1.807) is 0 Å². The van der Waals surface area contributed by atoms with Crippen LogP contribution in [0.15, 0.2) is 9.31 Å². The maximum atomic E-state index is 12.2. The number of nitrogens with one attached hydrogen (secondary N) is 1. The zero-order chi connectivity index (χ0) is 15.0. The van der Waals surface area contributed by atoms with E-state index in [4.69, 9.17) is 14.6 Å². The van der Waals surface area contributed by atoms with Crippen LogP contribution >= 0.6 is 0 Å². The number of aryl methyl sites for hydroxylation is 2. The van der Waals surface area contributed by atoms with Crippen LogP contribution in [0.5, 0.6) is 0 Å². The molecule has 19 heavy (non-hydrogen) atoms. The number of sulfonamides is 1. The summed E-state index contributed by atoms with van der Waals surface area (Å²) in [4.78, 5) is 10.7. The Kier molecular flexibility index (Phi) is 4.08. The Hall–Kier alpha value is -1.38. The molecular formula is C11H17NO6S. The average Bonchev–Trinajstić information content (AvgIpc) is 2.52. The largest absolute Gasteiger partial charge is 0.478 e. The van der Waals surface area contributed by atoms with Crippen molar-refractivity contribution in [3.05, 3.63) is 17.1 Å². The van der Waals surface area contributed by atoms with Crippen molar-refractivity contribution in [3.63, 3.8) is 0 Å². The SMILES string of the molecule is Cc1oc(C)c(S(=O)(=O)NC(C)(C)CO)c1C(=O)O. The van der Waals surface area contributed by atoms with Crippen molar-refractivity contribution < 1.29 is 27.8 Å². The number of aliphatic hydroxyl groups excluding tert-OH is 1. The van der Waals surface area contributed by atoms with Crippen molar-refractivity contribution in [1.82, 2.24) is 4.72 Å². The number of hydrogen-bond acceptors (Lipinski definition) is 5. The van der Waals surface area contributed by atoms with Crippen LogP contribution in [0.1, 0.15) is 35.7 Å². The Morgan fingerprint density at radius 2 is 1.84 bits per heavy atom. The molecule has 0 spiro atoms. The molecule has 0 aliphatic carbocycles. The molecule has 1 rings (SSSR count). The van der Waals surface area contributed by atoms with Crippen molar-refractivity contribution in [1.29, 1.82) is 0 Å². The van der Waals surface area contributed by atoms with Gasteiger partial charge in [-0.15, -0.1) is 0 Å².